The van der Waals surface area contributed by atoms with E-state index in [4.69, 9.17) is 4.74 Å². The van der Waals surface area contributed by atoms with Crippen LogP contribution in [0.3, 0.4) is 0 Å². The lowest BCUT2D eigenvalue weighted by atomic mass is 9.97. The summed E-state index contributed by atoms with van der Waals surface area (Å²) >= 11 is 0. The van der Waals surface area contributed by atoms with Crippen molar-refractivity contribution in [1.82, 2.24) is 15.1 Å². The molecule has 1 fully saturated rings. The van der Waals surface area contributed by atoms with Gasteiger partial charge in [0, 0.05) is 32.2 Å². The van der Waals surface area contributed by atoms with Gasteiger partial charge in [-0.15, -0.1) is 0 Å². The fourth-order valence-corrected chi connectivity index (χ4v) is 2.68. The van der Waals surface area contributed by atoms with Gasteiger partial charge in [0.1, 0.15) is 5.54 Å². The van der Waals surface area contributed by atoms with Crippen LogP contribution >= 0.6 is 0 Å². The van der Waals surface area contributed by atoms with Crippen LogP contribution in [0.25, 0.3) is 0 Å². The van der Waals surface area contributed by atoms with Gasteiger partial charge in [-0.25, -0.2) is 0 Å². The molecule has 1 heterocycles. The van der Waals surface area contributed by atoms with Crippen LogP contribution in [0.15, 0.2) is 0 Å². The van der Waals surface area contributed by atoms with E-state index < -0.39 is 5.54 Å². The molecule has 0 aromatic rings. The van der Waals surface area contributed by atoms with E-state index >= 15 is 0 Å². The van der Waals surface area contributed by atoms with Crippen LogP contribution in [-0.4, -0.2) is 74.2 Å². The van der Waals surface area contributed by atoms with E-state index in [-0.39, 0.29) is 5.97 Å². The van der Waals surface area contributed by atoms with Crippen molar-refractivity contribution >= 4 is 5.97 Å². The van der Waals surface area contributed by atoms with Crippen LogP contribution in [0.5, 0.6) is 0 Å². The molecule has 5 nitrogen and oxygen atoms in total. The molecule has 1 N–H and O–H groups in total. The SMILES string of the molecule is CCN1CCN(CCC(C)(NC)C(=O)OC)CC1C. The van der Waals surface area contributed by atoms with Crippen molar-refractivity contribution in [3.8, 4) is 0 Å². The number of nitrogens with one attached hydrogen (secondary N) is 1. The summed E-state index contributed by atoms with van der Waals surface area (Å²) in [6.07, 6.45) is 0.773. The fraction of sp³-hybridized carbons (Fsp3) is 0.929. The number of rotatable bonds is 6. The number of methoxy groups -OCH3 is 1. The van der Waals surface area contributed by atoms with E-state index in [1.807, 2.05) is 14.0 Å². The van der Waals surface area contributed by atoms with Crippen LogP contribution < -0.4 is 5.32 Å². The standard InChI is InChI=1S/C14H29N3O2/c1-6-17-10-9-16(11-12(17)2)8-7-14(3,15-4)13(18)19-5/h12,15H,6-11H2,1-5H3. The smallest absolute Gasteiger partial charge is 0.325 e. The Morgan fingerprint density at radius 2 is 2.16 bits per heavy atom. The van der Waals surface area contributed by atoms with E-state index in [0.29, 0.717) is 6.04 Å². The minimum Gasteiger partial charge on any atom is -0.468 e. The molecular formula is C14H29N3O2. The molecule has 1 rings (SSSR count). The lowest BCUT2D eigenvalue weighted by Gasteiger charge is -2.40. The summed E-state index contributed by atoms with van der Waals surface area (Å²) in [5.41, 5.74) is -0.583. The summed E-state index contributed by atoms with van der Waals surface area (Å²) in [6, 6.07) is 0.595. The molecule has 0 radical (unpaired) electrons. The molecule has 1 aliphatic heterocycles. The Morgan fingerprint density at radius 1 is 1.47 bits per heavy atom. The molecule has 2 unspecified atom stereocenters. The summed E-state index contributed by atoms with van der Waals surface area (Å²) in [5, 5.41) is 3.09. The first-order chi connectivity index (χ1) is 8.96. The molecule has 0 aromatic carbocycles. The number of carbonyl (C=O) groups is 1. The molecule has 0 aromatic heterocycles. The summed E-state index contributed by atoms with van der Waals surface area (Å²) in [7, 11) is 3.26. The third-order valence-corrected chi connectivity index (χ3v) is 4.37. The molecule has 0 amide bonds. The molecule has 5 heteroatoms. The molecule has 0 saturated carbocycles. The van der Waals surface area contributed by atoms with E-state index in [1.165, 1.54) is 7.11 Å². The van der Waals surface area contributed by atoms with E-state index in [2.05, 4.69) is 29.0 Å². The van der Waals surface area contributed by atoms with Gasteiger partial charge in [0.05, 0.1) is 7.11 Å². The summed E-state index contributed by atoms with van der Waals surface area (Å²) in [4.78, 5) is 16.7. The maximum Gasteiger partial charge on any atom is 0.325 e. The molecule has 19 heavy (non-hydrogen) atoms. The van der Waals surface area contributed by atoms with Crippen LogP contribution in [0.4, 0.5) is 0 Å². The second kappa shape index (κ2) is 7.22. The highest BCUT2D eigenvalue weighted by Crippen LogP contribution is 2.15. The second-order valence-corrected chi connectivity index (χ2v) is 5.60. The molecule has 0 spiro atoms. The summed E-state index contributed by atoms with van der Waals surface area (Å²) in [6.45, 7) is 11.7. The first kappa shape index (κ1) is 16.4. The Labute approximate surface area is 117 Å². The van der Waals surface area contributed by atoms with Crippen LogP contribution in [0.1, 0.15) is 27.2 Å². The summed E-state index contributed by atoms with van der Waals surface area (Å²) in [5.74, 6) is -0.185. The highest BCUT2D eigenvalue weighted by atomic mass is 16.5. The topological polar surface area (TPSA) is 44.8 Å². The average molecular weight is 271 g/mol. The van der Waals surface area contributed by atoms with Crippen molar-refractivity contribution in [3.63, 3.8) is 0 Å². The van der Waals surface area contributed by atoms with E-state index in [9.17, 15) is 4.79 Å². The second-order valence-electron chi connectivity index (χ2n) is 5.60. The van der Waals surface area contributed by atoms with Gasteiger partial charge >= 0.3 is 5.97 Å². The van der Waals surface area contributed by atoms with Crippen LogP contribution in [0.2, 0.25) is 0 Å². The molecule has 1 aliphatic rings. The minimum atomic E-state index is -0.583. The van der Waals surface area contributed by atoms with Crippen molar-refractivity contribution in [2.75, 3.05) is 46.9 Å². The number of hydrogen-bond donors (Lipinski definition) is 1. The van der Waals surface area contributed by atoms with Gasteiger partial charge in [0.25, 0.3) is 0 Å². The van der Waals surface area contributed by atoms with E-state index in [1.54, 1.807) is 0 Å². The fourth-order valence-electron chi connectivity index (χ4n) is 2.68. The Kier molecular flexibility index (Phi) is 6.23. The quantitative estimate of drug-likeness (QED) is 0.715. The van der Waals surface area contributed by atoms with Crippen molar-refractivity contribution in [2.45, 2.75) is 38.8 Å². The maximum absolute atomic E-state index is 11.8. The van der Waals surface area contributed by atoms with Gasteiger partial charge in [-0.3, -0.25) is 9.69 Å². The Morgan fingerprint density at radius 3 is 2.63 bits per heavy atom. The third-order valence-electron chi connectivity index (χ3n) is 4.37. The number of ether oxygens (including phenoxy) is 1. The number of nitrogens with zero attached hydrogens (tertiary/aromatic N) is 2. The van der Waals surface area contributed by atoms with Gasteiger partial charge in [-0.1, -0.05) is 6.92 Å². The zero-order chi connectivity index (χ0) is 14.5. The van der Waals surface area contributed by atoms with Crippen molar-refractivity contribution < 1.29 is 9.53 Å². The predicted molar refractivity (Wildman–Crippen MR) is 77.2 cm³/mol. The molecule has 2 atom stereocenters. The number of hydrogen-bond acceptors (Lipinski definition) is 5. The number of piperazine rings is 1. The Balaban J connectivity index is 2.46. The lowest BCUT2D eigenvalue weighted by molar-refractivity contribution is -0.148. The minimum absolute atomic E-state index is 0.185. The predicted octanol–water partition coefficient (Wildman–Crippen LogP) is 0.554. The molecular weight excluding hydrogens is 242 g/mol. The third kappa shape index (κ3) is 4.16. The first-order valence-electron chi connectivity index (χ1n) is 7.20. The Hall–Kier alpha value is -0.650. The van der Waals surface area contributed by atoms with Gasteiger partial charge in [0.2, 0.25) is 0 Å². The Bertz CT molecular complexity index is 298. The largest absolute Gasteiger partial charge is 0.468 e. The average Bonchev–Trinajstić information content (AvgIpc) is 2.43. The summed E-state index contributed by atoms with van der Waals surface area (Å²) < 4.78 is 4.87. The molecule has 0 aliphatic carbocycles. The van der Waals surface area contributed by atoms with Crippen LogP contribution in [0, 0.1) is 0 Å². The molecule has 1 saturated heterocycles. The first-order valence-corrected chi connectivity index (χ1v) is 7.20. The van der Waals surface area contributed by atoms with Crippen molar-refractivity contribution in [1.29, 1.82) is 0 Å². The van der Waals surface area contributed by atoms with Crippen molar-refractivity contribution in [2.24, 2.45) is 0 Å². The highest BCUT2D eigenvalue weighted by molar-refractivity contribution is 5.80. The van der Waals surface area contributed by atoms with Crippen molar-refractivity contribution in [3.05, 3.63) is 0 Å². The zero-order valence-electron chi connectivity index (χ0n) is 13.0. The zero-order valence-corrected chi connectivity index (χ0v) is 13.0. The monoisotopic (exact) mass is 271 g/mol. The highest BCUT2D eigenvalue weighted by Gasteiger charge is 2.33. The van der Waals surface area contributed by atoms with E-state index in [0.717, 1.165) is 39.1 Å². The number of esters is 1. The molecule has 0 bridgehead atoms. The number of carbonyl (C=O) groups excluding carboxylic acids is 1. The number of likely N-dealkylation sites (N-methyl/N-ethyl adjacent to an activating group) is 2. The van der Waals surface area contributed by atoms with Crippen LogP contribution in [-0.2, 0) is 9.53 Å². The van der Waals surface area contributed by atoms with Gasteiger partial charge in [0.15, 0.2) is 0 Å². The normalized spacial score (nSPS) is 25.0. The maximum atomic E-state index is 11.8. The van der Waals surface area contributed by atoms with Gasteiger partial charge in [-0.2, -0.15) is 0 Å². The molecule has 112 valence electrons. The van der Waals surface area contributed by atoms with Gasteiger partial charge < -0.3 is 15.0 Å². The van der Waals surface area contributed by atoms with Gasteiger partial charge in [-0.05, 0) is 33.9 Å². The lowest BCUT2D eigenvalue weighted by Crippen LogP contribution is -2.54.